The average Bonchev–Trinajstić information content (AvgIpc) is 3.05. The predicted octanol–water partition coefficient (Wildman–Crippen LogP) is 6.44. The van der Waals surface area contributed by atoms with E-state index in [1.807, 2.05) is 0 Å². The molecule has 0 radical (unpaired) electrons. The van der Waals surface area contributed by atoms with E-state index in [-0.39, 0.29) is 23.7 Å². The smallest absolute Gasteiger partial charge is 0.293 e. The Balaban J connectivity index is 0.00000363. The van der Waals surface area contributed by atoms with Gasteiger partial charge in [-0.05, 0) is 43.0 Å². The third kappa shape index (κ3) is 7.41. The van der Waals surface area contributed by atoms with E-state index in [0.717, 1.165) is 18.8 Å². The summed E-state index contributed by atoms with van der Waals surface area (Å²) in [5.41, 5.74) is 1.16. The molecule has 1 aliphatic carbocycles. The summed E-state index contributed by atoms with van der Waals surface area (Å²) in [5.74, 6) is 0.991. The number of ether oxygens (including phenoxy) is 1. The summed E-state index contributed by atoms with van der Waals surface area (Å²) in [4.78, 5) is 23.7. The summed E-state index contributed by atoms with van der Waals surface area (Å²) < 4.78 is 5.15. The fourth-order valence-electron chi connectivity index (χ4n) is 4.14. The fourth-order valence-corrected chi connectivity index (χ4v) is 4.14. The third-order valence-corrected chi connectivity index (χ3v) is 5.86. The molecular weight excluding hydrogens is 430 g/mol. The van der Waals surface area contributed by atoms with Gasteiger partial charge in [0.2, 0.25) is 0 Å². The van der Waals surface area contributed by atoms with Gasteiger partial charge in [0.25, 0.3) is 11.6 Å². The minimum Gasteiger partial charge on any atom is -0.497 e. The van der Waals surface area contributed by atoms with Gasteiger partial charge in [-0.25, -0.2) is 0 Å². The van der Waals surface area contributed by atoms with Gasteiger partial charge in [0.05, 0.1) is 12.0 Å². The number of nitro groups is 1. The van der Waals surface area contributed by atoms with Crippen molar-refractivity contribution in [3.63, 3.8) is 0 Å². The second-order valence-electron chi connectivity index (χ2n) is 8.10. The van der Waals surface area contributed by atoms with Crippen molar-refractivity contribution < 1.29 is 14.5 Å². The normalized spacial score (nSPS) is 14.0. The Kier molecular flexibility index (Phi) is 10.3. The Hall–Kier alpha value is -2.80. The predicted molar refractivity (Wildman–Crippen MR) is 130 cm³/mol. The number of hydrogen-bond donors (Lipinski definition) is 2. The summed E-state index contributed by atoms with van der Waals surface area (Å²) in [6.45, 7) is 0.687. The van der Waals surface area contributed by atoms with E-state index >= 15 is 0 Å². The number of halogens is 1. The van der Waals surface area contributed by atoms with Gasteiger partial charge in [-0.2, -0.15) is 0 Å². The number of methoxy groups -OCH3 is 1. The molecular formula is C24H32ClN3O4. The molecule has 2 N–H and O–H groups in total. The summed E-state index contributed by atoms with van der Waals surface area (Å²) in [5, 5.41) is 17.5. The lowest BCUT2D eigenvalue weighted by Crippen LogP contribution is -2.13. The molecule has 1 aliphatic rings. The molecule has 0 aliphatic heterocycles. The first-order valence-electron chi connectivity index (χ1n) is 11.0. The third-order valence-electron chi connectivity index (χ3n) is 5.86. The minimum atomic E-state index is -0.448. The van der Waals surface area contributed by atoms with Crippen LogP contribution in [-0.4, -0.2) is 24.5 Å². The van der Waals surface area contributed by atoms with E-state index in [1.54, 1.807) is 43.5 Å². The zero-order valence-corrected chi connectivity index (χ0v) is 19.3. The number of carbonyl (C=O) groups excluding carboxylic acids is 1. The lowest BCUT2D eigenvalue weighted by Gasteiger charge is -2.14. The molecule has 3 rings (SSSR count). The Morgan fingerprint density at radius 3 is 2.56 bits per heavy atom. The molecule has 32 heavy (non-hydrogen) atoms. The van der Waals surface area contributed by atoms with Gasteiger partial charge in [0.15, 0.2) is 0 Å². The number of amides is 1. The SMILES string of the molecule is COc1cccc(NC(=O)c2ccc(NCCCC3CCCCCC3)c([N+](=O)[O-])c2)c1.Cl. The van der Waals surface area contributed by atoms with Crippen molar-refractivity contribution >= 4 is 35.4 Å². The van der Waals surface area contributed by atoms with Gasteiger partial charge >= 0.3 is 0 Å². The van der Waals surface area contributed by atoms with Gasteiger partial charge < -0.3 is 15.4 Å². The van der Waals surface area contributed by atoms with Crippen LogP contribution in [0.3, 0.4) is 0 Å². The maximum absolute atomic E-state index is 12.6. The highest BCUT2D eigenvalue weighted by atomic mass is 35.5. The fraction of sp³-hybridized carbons (Fsp3) is 0.458. The lowest BCUT2D eigenvalue weighted by molar-refractivity contribution is -0.384. The molecule has 0 bridgehead atoms. The molecule has 0 atom stereocenters. The van der Waals surface area contributed by atoms with E-state index in [2.05, 4.69) is 10.6 Å². The van der Waals surface area contributed by atoms with E-state index in [1.165, 1.54) is 44.6 Å². The number of nitrogens with zero attached hydrogens (tertiary/aromatic N) is 1. The zero-order valence-electron chi connectivity index (χ0n) is 18.5. The van der Waals surface area contributed by atoms with Crippen LogP contribution in [0.1, 0.15) is 61.7 Å². The quantitative estimate of drug-likeness (QED) is 0.194. The molecule has 2 aromatic rings. The second kappa shape index (κ2) is 12.9. The van der Waals surface area contributed by atoms with Crippen molar-refractivity contribution in [1.29, 1.82) is 0 Å². The number of nitro benzene ring substituents is 1. The molecule has 0 aromatic heterocycles. The van der Waals surface area contributed by atoms with Crippen LogP contribution in [-0.2, 0) is 0 Å². The Labute approximate surface area is 195 Å². The van der Waals surface area contributed by atoms with Crippen molar-refractivity contribution in [3.05, 3.63) is 58.1 Å². The van der Waals surface area contributed by atoms with Crippen molar-refractivity contribution in [2.45, 2.75) is 51.4 Å². The van der Waals surface area contributed by atoms with E-state index in [0.29, 0.717) is 23.7 Å². The van der Waals surface area contributed by atoms with Crippen LogP contribution in [0.15, 0.2) is 42.5 Å². The van der Waals surface area contributed by atoms with Gasteiger partial charge in [-0.3, -0.25) is 14.9 Å². The molecule has 0 spiro atoms. The van der Waals surface area contributed by atoms with E-state index in [9.17, 15) is 14.9 Å². The highest BCUT2D eigenvalue weighted by Crippen LogP contribution is 2.28. The topological polar surface area (TPSA) is 93.5 Å². The van der Waals surface area contributed by atoms with Gasteiger partial charge in [-0.15, -0.1) is 12.4 Å². The van der Waals surface area contributed by atoms with Gasteiger partial charge in [-0.1, -0.05) is 44.6 Å². The first-order chi connectivity index (χ1) is 15.1. The van der Waals surface area contributed by atoms with Crippen LogP contribution in [0, 0.1) is 16.0 Å². The number of benzene rings is 2. The molecule has 0 unspecified atom stereocenters. The molecule has 7 nitrogen and oxygen atoms in total. The molecule has 2 aromatic carbocycles. The molecule has 0 heterocycles. The number of hydrogen-bond acceptors (Lipinski definition) is 5. The van der Waals surface area contributed by atoms with Crippen molar-refractivity contribution in [2.24, 2.45) is 5.92 Å². The summed E-state index contributed by atoms with van der Waals surface area (Å²) in [6.07, 6.45) is 10.1. The van der Waals surface area contributed by atoms with Gasteiger partial charge in [0.1, 0.15) is 11.4 Å². The van der Waals surface area contributed by atoms with Crippen molar-refractivity contribution in [1.82, 2.24) is 0 Å². The van der Waals surface area contributed by atoms with Crippen LogP contribution in [0.25, 0.3) is 0 Å². The van der Waals surface area contributed by atoms with Crippen LogP contribution >= 0.6 is 12.4 Å². The number of anilines is 2. The first kappa shape index (κ1) is 25.5. The van der Waals surface area contributed by atoms with Crippen LogP contribution in [0.5, 0.6) is 5.75 Å². The van der Waals surface area contributed by atoms with E-state index < -0.39 is 10.8 Å². The summed E-state index contributed by atoms with van der Waals surface area (Å²) in [6, 6.07) is 11.5. The average molecular weight is 462 g/mol. The molecule has 0 saturated heterocycles. The van der Waals surface area contributed by atoms with Crippen LogP contribution < -0.4 is 15.4 Å². The molecule has 8 heteroatoms. The number of carbonyl (C=O) groups is 1. The lowest BCUT2D eigenvalue weighted by atomic mass is 9.95. The Bertz CT molecular complexity index is 899. The maximum Gasteiger partial charge on any atom is 0.293 e. The summed E-state index contributed by atoms with van der Waals surface area (Å²) in [7, 11) is 1.55. The highest BCUT2D eigenvalue weighted by molar-refractivity contribution is 6.05. The van der Waals surface area contributed by atoms with Gasteiger partial charge in [0, 0.05) is 29.9 Å². The molecule has 1 amide bonds. The maximum atomic E-state index is 12.6. The number of nitrogens with one attached hydrogen (secondary N) is 2. The Morgan fingerprint density at radius 1 is 1.12 bits per heavy atom. The zero-order chi connectivity index (χ0) is 22.1. The number of rotatable bonds is 9. The molecule has 1 saturated carbocycles. The standard InChI is InChI=1S/C24H31N3O4.ClH/c1-31-21-12-6-11-20(17-21)26-24(28)19-13-14-22(23(16-19)27(29)30)25-15-7-10-18-8-4-2-3-5-9-18;/h6,11-14,16-18,25H,2-5,7-10,15H2,1H3,(H,26,28);1H. The summed E-state index contributed by atoms with van der Waals surface area (Å²) >= 11 is 0. The van der Waals surface area contributed by atoms with Crippen LogP contribution in [0.4, 0.5) is 17.1 Å². The second-order valence-corrected chi connectivity index (χ2v) is 8.10. The minimum absolute atomic E-state index is 0. The molecule has 1 fully saturated rings. The monoisotopic (exact) mass is 461 g/mol. The largest absolute Gasteiger partial charge is 0.497 e. The van der Waals surface area contributed by atoms with Crippen LogP contribution in [0.2, 0.25) is 0 Å². The Morgan fingerprint density at radius 2 is 1.88 bits per heavy atom. The molecule has 174 valence electrons. The van der Waals surface area contributed by atoms with Crippen molar-refractivity contribution in [2.75, 3.05) is 24.3 Å². The first-order valence-corrected chi connectivity index (χ1v) is 11.0. The van der Waals surface area contributed by atoms with Crippen molar-refractivity contribution in [3.8, 4) is 5.75 Å². The highest BCUT2D eigenvalue weighted by Gasteiger charge is 2.18. The van der Waals surface area contributed by atoms with E-state index in [4.69, 9.17) is 4.74 Å².